The third-order valence-electron chi connectivity index (χ3n) is 3.71. The Hall–Kier alpha value is -1.01. The molecule has 0 bridgehead atoms. The molecule has 1 aromatic carbocycles. The van der Waals surface area contributed by atoms with Gasteiger partial charge in [0, 0.05) is 17.1 Å². The number of fused-ring (bicyclic) bond motifs is 1. The van der Waals surface area contributed by atoms with Crippen molar-refractivity contribution in [1.82, 2.24) is 9.88 Å². The van der Waals surface area contributed by atoms with E-state index in [9.17, 15) is 4.79 Å². The van der Waals surface area contributed by atoms with Crippen LogP contribution in [0.4, 0.5) is 0 Å². The molecule has 0 radical (unpaired) electrons. The molecule has 1 aliphatic rings. The van der Waals surface area contributed by atoms with E-state index in [2.05, 4.69) is 21.2 Å². The van der Waals surface area contributed by atoms with Crippen molar-refractivity contribution in [2.45, 2.75) is 12.5 Å². The lowest BCUT2D eigenvalue weighted by Crippen LogP contribution is -2.39. The second-order valence-electron chi connectivity index (χ2n) is 5.06. The van der Waals surface area contributed by atoms with Crippen molar-refractivity contribution in [3.63, 3.8) is 0 Å². The topological polar surface area (TPSA) is 60.0 Å². The Bertz CT molecular complexity index is 702. The highest BCUT2D eigenvalue weighted by molar-refractivity contribution is 9.10. The molecule has 0 spiro atoms. The summed E-state index contributed by atoms with van der Waals surface area (Å²) in [5.74, 6) is -0.0581. The summed E-state index contributed by atoms with van der Waals surface area (Å²) in [5, 5.41) is 3.59. The maximum Gasteiger partial charge on any atom is 0.268 e. The second-order valence-corrected chi connectivity index (χ2v) is 6.24. The summed E-state index contributed by atoms with van der Waals surface area (Å²) in [4.78, 5) is 12.1. The zero-order valence-electron chi connectivity index (χ0n) is 11.7. The first-order valence-corrected chi connectivity index (χ1v) is 7.94. The van der Waals surface area contributed by atoms with Crippen LogP contribution in [0.3, 0.4) is 0 Å². The first-order chi connectivity index (χ1) is 10.1. The molecule has 1 aliphatic heterocycles. The third kappa shape index (κ3) is 3.04. The van der Waals surface area contributed by atoms with Gasteiger partial charge in [0.05, 0.1) is 10.6 Å². The molecule has 1 aromatic heterocycles. The van der Waals surface area contributed by atoms with E-state index >= 15 is 0 Å². The number of nitrogens with zero attached hydrogens (tertiary/aromatic N) is 1. The summed E-state index contributed by atoms with van der Waals surface area (Å²) in [6.45, 7) is 1.18. The molecule has 118 valence electrons. The van der Waals surface area contributed by atoms with Gasteiger partial charge in [-0.05, 0) is 52.7 Å². The number of hydrogen-bond donors (Lipinski definition) is 2. The molecule has 0 saturated heterocycles. The van der Waals surface area contributed by atoms with Crippen LogP contribution in [-0.4, -0.2) is 23.6 Å². The van der Waals surface area contributed by atoms with Crippen LogP contribution in [0.2, 0.25) is 5.02 Å². The highest BCUT2D eigenvalue weighted by Crippen LogP contribution is 2.36. The zero-order valence-corrected chi connectivity index (χ0v) is 14.8. The van der Waals surface area contributed by atoms with Gasteiger partial charge in [-0.25, -0.2) is 0 Å². The first-order valence-electron chi connectivity index (χ1n) is 6.76. The van der Waals surface area contributed by atoms with Gasteiger partial charge >= 0.3 is 0 Å². The second kappa shape index (κ2) is 7.04. The van der Waals surface area contributed by atoms with Gasteiger partial charge < -0.3 is 15.6 Å². The summed E-state index contributed by atoms with van der Waals surface area (Å²) in [6, 6.07) is 9.67. The molecule has 7 heteroatoms. The van der Waals surface area contributed by atoms with Crippen molar-refractivity contribution < 1.29 is 4.79 Å². The molecule has 1 atom stereocenters. The maximum absolute atomic E-state index is 12.1. The molecule has 2 aromatic rings. The van der Waals surface area contributed by atoms with Gasteiger partial charge in [0.15, 0.2) is 0 Å². The normalized spacial score (nSPS) is 16.7. The van der Waals surface area contributed by atoms with E-state index in [0.717, 1.165) is 22.2 Å². The number of benzene rings is 1. The summed E-state index contributed by atoms with van der Waals surface area (Å²) in [7, 11) is 0. The van der Waals surface area contributed by atoms with Crippen molar-refractivity contribution in [3.8, 4) is 11.1 Å². The van der Waals surface area contributed by atoms with Gasteiger partial charge in [-0.15, -0.1) is 12.4 Å². The molecular formula is C15H16BrCl2N3O. The van der Waals surface area contributed by atoms with Crippen LogP contribution >= 0.6 is 39.9 Å². The molecule has 1 amide bonds. The Morgan fingerprint density at radius 1 is 1.41 bits per heavy atom. The van der Waals surface area contributed by atoms with Gasteiger partial charge in [-0.2, -0.15) is 0 Å². The molecule has 0 aliphatic carbocycles. The maximum atomic E-state index is 12.1. The van der Waals surface area contributed by atoms with Crippen LogP contribution in [-0.2, 0) is 0 Å². The van der Waals surface area contributed by atoms with E-state index in [4.69, 9.17) is 17.3 Å². The van der Waals surface area contributed by atoms with Gasteiger partial charge in [-0.1, -0.05) is 23.7 Å². The van der Waals surface area contributed by atoms with Crippen molar-refractivity contribution in [1.29, 1.82) is 0 Å². The predicted octanol–water partition coefficient (Wildman–Crippen LogP) is 3.63. The molecule has 4 nitrogen and oxygen atoms in total. The number of nitrogens with two attached hydrogens (primary N) is 1. The molecule has 3 rings (SSSR count). The molecule has 0 saturated carbocycles. The van der Waals surface area contributed by atoms with Crippen LogP contribution in [0.1, 0.15) is 23.0 Å². The zero-order chi connectivity index (χ0) is 15.0. The van der Waals surface area contributed by atoms with Crippen LogP contribution in [0, 0.1) is 0 Å². The molecular weight excluding hydrogens is 389 g/mol. The smallest absolute Gasteiger partial charge is 0.268 e. The summed E-state index contributed by atoms with van der Waals surface area (Å²) < 4.78 is 2.93. The highest BCUT2D eigenvalue weighted by atomic mass is 79.9. The summed E-state index contributed by atoms with van der Waals surface area (Å²) in [5.41, 5.74) is 8.28. The average molecular weight is 405 g/mol. The molecule has 0 fully saturated rings. The number of carbonyl (C=O) groups excluding carboxylic acids is 1. The Kier molecular flexibility index (Phi) is 5.55. The SMILES string of the molecule is Cl.NCCC1CNC(=O)c2cc(-c3cccc(Cl)c3)c(Br)n21. The van der Waals surface area contributed by atoms with Gasteiger partial charge in [0.25, 0.3) is 5.91 Å². The van der Waals surface area contributed by atoms with E-state index in [1.54, 1.807) is 0 Å². The summed E-state index contributed by atoms with van der Waals surface area (Å²) >= 11 is 9.70. The fourth-order valence-electron chi connectivity index (χ4n) is 2.71. The van der Waals surface area contributed by atoms with E-state index < -0.39 is 0 Å². The first kappa shape index (κ1) is 17.3. The fourth-order valence-corrected chi connectivity index (χ4v) is 3.72. The molecule has 3 N–H and O–H groups in total. The Balaban J connectivity index is 0.00000176. The number of halogens is 3. The standard InChI is InChI=1S/C15H15BrClN3O.ClH/c16-14-12(9-2-1-3-10(17)6-9)7-13-15(21)19-8-11(4-5-18)20(13)14;/h1-3,6-7,11H,4-5,8,18H2,(H,19,21);1H. The van der Waals surface area contributed by atoms with E-state index in [1.165, 1.54) is 0 Å². The minimum atomic E-state index is -0.0581. The quantitative estimate of drug-likeness (QED) is 0.820. The number of aromatic nitrogens is 1. The lowest BCUT2D eigenvalue weighted by molar-refractivity contribution is 0.0912. The third-order valence-corrected chi connectivity index (χ3v) is 4.75. The van der Waals surface area contributed by atoms with Crippen molar-refractivity contribution >= 4 is 45.8 Å². The van der Waals surface area contributed by atoms with Crippen LogP contribution in [0.15, 0.2) is 34.9 Å². The molecule has 1 unspecified atom stereocenters. The van der Waals surface area contributed by atoms with Crippen molar-refractivity contribution in [3.05, 3.63) is 45.7 Å². The summed E-state index contributed by atoms with van der Waals surface area (Å²) in [6.07, 6.45) is 0.815. The number of rotatable bonds is 3. The van der Waals surface area contributed by atoms with Gasteiger partial charge in [0.2, 0.25) is 0 Å². The van der Waals surface area contributed by atoms with Crippen LogP contribution in [0.5, 0.6) is 0 Å². The van der Waals surface area contributed by atoms with Crippen molar-refractivity contribution in [2.75, 3.05) is 13.1 Å². The van der Waals surface area contributed by atoms with E-state index in [0.29, 0.717) is 23.8 Å². The monoisotopic (exact) mass is 403 g/mol. The van der Waals surface area contributed by atoms with Crippen LogP contribution in [0.25, 0.3) is 11.1 Å². The van der Waals surface area contributed by atoms with Crippen LogP contribution < -0.4 is 11.1 Å². The average Bonchev–Trinajstić information content (AvgIpc) is 2.81. The minimum absolute atomic E-state index is 0. The Morgan fingerprint density at radius 2 is 2.18 bits per heavy atom. The molecule has 2 heterocycles. The highest BCUT2D eigenvalue weighted by Gasteiger charge is 2.28. The van der Waals surface area contributed by atoms with Gasteiger partial charge in [-0.3, -0.25) is 4.79 Å². The van der Waals surface area contributed by atoms with Crippen molar-refractivity contribution in [2.24, 2.45) is 5.73 Å². The number of nitrogens with one attached hydrogen (secondary N) is 1. The largest absolute Gasteiger partial charge is 0.349 e. The number of amides is 1. The Morgan fingerprint density at radius 3 is 2.86 bits per heavy atom. The lowest BCUT2D eigenvalue weighted by atomic mass is 10.1. The van der Waals surface area contributed by atoms with E-state index in [1.807, 2.05) is 34.9 Å². The van der Waals surface area contributed by atoms with Gasteiger partial charge in [0.1, 0.15) is 5.69 Å². The predicted molar refractivity (Wildman–Crippen MR) is 94.9 cm³/mol. The minimum Gasteiger partial charge on any atom is -0.349 e. The number of hydrogen-bond acceptors (Lipinski definition) is 2. The Labute approximate surface area is 148 Å². The lowest BCUT2D eigenvalue weighted by Gasteiger charge is -2.27. The fraction of sp³-hybridized carbons (Fsp3) is 0.267. The number of carbonyl (C=O) groups is 1. The molecule has 22 heavy (non-hydrogen) atoms. The van der Waals surface area contributed by atoms with E-state index in [-0.39, 0.29) is 24.4 Å².